The van der Waals surface area contributed by atoms with Gasteiger partial charge in [-0.2, -0.15) is 0 Å². The van der Waals surface area contributed by atoms with Crippen LogP contribution >= 0.6 is 0 Å². The van der Waals surface area contributed by atoms with Crippen LogP contribution in [-0.4, -0.2) is 71.3 Å². The highest BCUT2D eigenvalue weighted by Gasteiger charge is 2.50. The van der Waals surface area contributed by atoms with Crippen molar-refractivity contribution >= 4 is 23.6 Å². The molecule has 1 unspecified atom stereocenters. The average Bonchev–Trinajstić information content (AvgIpc) is 3.57. The molecule has 33 heavy (non-hydrogen) atoms. The minimum atomic E-state index is -1.35. The second kappa shape index (κ2) is 7.95. The number of nitrogens with zero attached hydrogens (tertiary/aromatic N) is 2. The zero-order valence-electron chi connectivity index (χ0n) is 18.2. The van der Waals surface area contributed by atoms with Crippen LogP contribution in [0.3, 0.4) is 0 Å². The standard InChI is InChI=1S/C23H24N4O6/c1-23(15-4-5-18-19(11-15)33-9-8-32-18)21(30)27(22(31)25-23)13-17(28)14-10-16(24-12-14)20(29)26-6-2-3-7-26/h4-5,10-12,24H,2-3,6-9,13H2,1H3,(H,25,31). The smallest absolute Gasteiger partial charge is 0.325 e. The van der Waals surface area contributed by atoms with E-state index in [0.29, 0.717) is 49.1 Å². The van der Waals surface area contributed by atoms with Gasteiger partial charge in [-0.3, -0.25) is 19.3 Å². The van der Waals surface area contributed by atoms with Gasteiger partial charge in [-0.15, -0.1) is 0 Å². The van der Waals surface area contributed by atoms with E-state index in [4.69, 9.17) is 9.47 Å². The largest absolute Gasteiger partial charge is 0.486 e. The summed E-state index contributed by atoms with van der Waals surface area (Å²) >= 11 is 0. The third-order valence-electron chi connectivity index (χ3n) is 6.32. The number of urea groups is 1. The van der Waals surface area contributed by atoms with Crippen molar-refractivity contribution in [3.05, 3.63) is 47.3 Å². The van der Waals surface area contributed by atoms with Crippen LogP contribution in [0, 0.1) is 0 Å². The molecular weight excluding hydrogens is 428 g/mol. The van der Waals surface area contributed by atoms with E-state index < -0.39 is 29.8 Å². The molecule has 172 valence electrons. The predicted octanol–water partition coefficient (Wildman–Crippen LogP) is 1.67. The van der Waals surface area contributed by atoms with Crippen LogP contribution in [0.1, 0.15) is 46.2 Å². The number of benzene rings is 1. The number of amides is 4. The first-order valence-corrected chi connectivity index (χ1v) is 10.9. The number of H-pyrrole nitrogens is 1. The van der Waals surface area contributed by atoms with E-state index in [9.17, 15) is 19.2 Å². The first kappa shape index (κ1) is 21.0. The van der Waals surface area contributed by atoms with Crippen LogP contribution in [0.15, 0.2) is 30.5 Å². The van der Waals surface area contributed by atoms with Crippen molar-refractivity contribution in [2.75, 3.05) is 32.8 Å². The van der Waals surface area contributed by atoms with Crippen molar-refractivity contribution in [3.8, 4) is 11.5 Å². The molecule has 2 N–H and O–H groups in total. The number of nitrogens with one attached hydrogen (secondary N) is 2. The summed E-state index contributed by atoms with van der Waals surface area (Å²) in [5, 5.41) is 2.69. The number of hydrogen-bond acceptors (Lipinski definition) is 6. The van der Waals surface area contributed by atoms with Crippen LogP contribution in [0.2, 0.25) is 0 Å². The number of aromatic amines is 1. The molecule has 2 saturated heterocycles. The second-order valence-corrected chi connectivity index (χ2v) is 8.53. The quantitative estimate of drug-likeness (QED) is 0.526. The Morgan fingerprint density at radius 3 is 2.55 bits per heavy atom. The van der Waals surface area contributed by atoms with Crippen LogP contribution < -0.4 is 14.8 Å². The maximum atomic E-state index is 13.2. The van der Waals surface area contributed by atoms with E-state index in [0.717, 1.165) is 17.7 Å². The molecule has 10 heteroatoms. The number of carbonyl (C=O) groups is 4. The normalized spacial score (nSPS) is 22.0. The Bertz CT molecular complexity index is 1150. The first-order valence-electron chi connectivity index (χ1n) is 10.9. The Hall–Kier alpha value is -3.82. The van der Waals surface area contributed by atoms with Crippen LogP contribution in [0.25, 0.3) is 0 Å². The van der Waals surface area contributed by atoms with Gasteiger partial charge in [0.05, 0.1) is 6.54 Å². The highest BCUT2D eigenvalue weighted by Crippen LogP contribution is 2.36. The summed E-state index contributed by atoms with van der Waals surface area (Å²) in [6, 6.07) is 5.87. The van der Waals surface area contributed by atoms with Crippen molar-refractivity contribution in [2.45, 2.75) is 25.3 Å². The summed E-state index contributed by atoms with van der Waals surface area (Å²) in [4.78, 5) is 56.7. The van der Waals surface area contributed by atoms with Gasteiger partial charge >= 0.3 is 6.03 Å². The molecular formula is C23H24N4O6. The molecule has 0 spiro atoms. The number of rotatable bonds is 5. The number of likely N-dealkylation sites (tertiary alicyclic amines) is 1. The number of imide groups is 1. The molecule has 1 atom stereocenters. The van der Waals surface area contributed by atoms with Gasteiger partial charge in [0.15, 0.2) is 17.3 Å². The van der Waals surface area contributed by atoms with Crippen LogP contribution in [0.5, 0.6) is 11.5 Å². The third-order valence-corrected chi connectivity index (χ3v) is 6.32. The molecule has 5 rings (SSSR count). The Kier molecular flexibility index (Phi) is 5.07. The summed E-state index contributed by atoms with van der Waals surface area (Å²) in [6.07, 6.45) is 3.36. The lowest BCUT2D eigenvalue weighted by atomic mass is 9.91. The monoisotopic (exact) mass is 452 g/mol. The molecule has 3 aliphatic heterocycles. The van der Waals surface area contributed by atoms with E-state index in [-0.39, 0.29) is 11.5 Å². The molecule has 2 fully saturated rings. The molecule has 3 aliphatic rings. The van der Waals surface area contributed by atoms with Crippen LogP contribution in [-0.2, 0) is 10.3 Å². The topological polar surface area (TPSA) is 121 Å². The minimum Gasteiger partial charge on any atom is -0.486 e. The fourth-order valence-electron chi connectivity index (χ4n) is 4.39. The lowest BCUT2D eigenvalue weighted by Crippen LogP contribution is -2.41. The van der Waals surface area contributed by atoms with Crippen molar-refractivity contribution in [1.29, 1.82) is 0 Å². The molecule has 0 bridgehead atoms. The minimum absolute atomic E-state index is 0.160. The highest BCUT2D eigenvalue weighted by molar-refractivity contribution is 6.11. The van der Waals surface area contributed by atoms with E-state index in [1.165, 1.54) is 12.3 Å². The van der Waals surface area contributed by atoms with E-state index in [1.54, 1.807) is 30.0 Å². The summed E-state index contributed by atoms with van der Waals surface area (Å²) in [6.45, 7) is 3.39. The van der Waals surface area contributed by atoms with Gasteiger partial charge in [-0.1, -0.05) is 6.07 Å². The molecule has 0 aliphatic carbocycles. The maximum absolute atomic E-state index is 13.2. The molecule has 0 saturated carbocycles. The Morgan fingerprint density at radius 2 is 1.79 bits per heavy atom. The van der Waals surface area contributed by atoms with Gasteiger partial charge in [-0.25, -0.2) is 4.79 Å². The Morgan fingerprint density at radius 1 is 1.06 bits per heavy atom. The predicted molar refractivity (Wildman–Crippen MR) is 115 cm³/mol. The Labute approximate surface area is 189 Å². The summed E-state index contributed by atoms with van der Waals surface area (Å²) in [7, 11) is 0. The lowest BCUT2D eigenvalue weighted by Gasteiger charge is -2.25. The number of fused-ring (bicyclic) bond motifs is 1. The van der Waals surface area contributed by atoms with Crippen molar-refractivity contribution < 1.29 is 28.7 Å². The highest BCUT2D eigenvalue weighted by atomic mass is 16.6. The fraction of sp³-hybridized carbons (Fsp3) is 0.391. The zero-order chi connectivity index (χ0) is 23.2. The lowest BCUT2D eigenvalue weighted by molar-refractivity contribution is -0.130. The fourth-order valence-corrected chi connectivity index (χ4v) is 4.39. The summed E-state index contributed by atoms with van der Waals surface area (Å²) in [5.74, 6) is -0.0704. The van der Waals surface area contributed by atoms with Gasteiger partial charge in [0.1, 0.15) is 24.4 Å². The molecule has 1 aromatic heterocycles. The number of aromatic nitrogens is 1. The number of ketones is 1. The maximum Gasteiger partial charge on any atom is 0.325 e. The number of Topliss-reactive ketones (excluding diaryl/α,β-unsaturated/α-hetero) is 1. The number of hydrogen-bond donors (Lipinski definition) is 2. The van der Waals surface area contributed by atoms with Crippen molar-refractivity contribution in [2.24, 2.45) is 0 Å². The van der Waals surface area contributed by atoms with Gasteiger partial charge < -0.3 is 24.7 Å². The first-order chi connectivity index (χ1) is 15.9. The molecule has 0 radical (unpaired) electrons. The molecule has 4 amide bonds. The van der Waals surface area contributed by atoms with Gasteiger partial charge in [0.25, 0.3) is 11.8 Å². The second-order valence-electron chi connectivity index (χ2n) is 8.53. The van der Waals surface area contributed by atoms with E-state index >= 15 is 0 Å². The Balaban J connectivity index is 1.31. The van der Waals surface area contributed by atoms with E-state index in [1.807, 2.05) is 0 Å². The summed E-state index contributed by atoms with van der Waals surface area (Å²) in [5.41, 5.74) is -0.257. The van der Waals surface area contributed by atoms with Gasteiger partial charge in [0, 0.05) is 24.8 Å². The van der Waals surface area contributed by atoms with Gasteiger partial charge in [0.2, 0.25) is 0 Å². The number of carbonyl (C=O) groups excluding carboxylic acids is 4. The van der Waals surface area contributed by atoms with E-state index in [2.05, 4.69) is 10.3 Å². The zero-order valence-corrected chi connectivity index (χ0v) is 18.2. The molecule has 1 aromatic carbocycles. The molecule has 2 aromatic rings. The SMILES string of the molecule is CC1(c2ccc3c(c2)OCCO3)NC(=O)N(CC(=O)c2c[nH]c(C(=O)N3CCCC3)c2)C1=O. The molecule has 4 heterocycles. The van der Waals surface area contributed by atoms with Crippen molar-refractivity contribution in [3.63, 3.8) is 0 Å². The van der Waals surface area contributed by atoms with Gasteiger partial charge in [-0.05, 0) is 43.5 Å². The van der Waals surface area contributed by atoms with Crippen LogP contribution in [0.4, 0.5) is 4.79 Å². The van der Waals surface area contributed by atoms with Crippen molar-refractivity contribution in [1.82, 2.24) is 20.1 Å². The third kappa shape index (κ3) is 3.61. The molecule has 10 nitrogen and oxygen atoms in total. The summed E-state index contributed by atoms with van der Waals surface area (Å²) < 4.78 is 11.1. The number of ether oxygens (including phenoxy) is 2. The average molecular weight is 452 g/mol.